The van der Waals surface area contributed by atoms with Gasteiger partial charge in [0.1, 0.15) is 0 Å². The molecule has 0 aromatic heterocycles. The predicted octanol–water partition coefficient (Wildman–Crippen LogP) is 1.98. The van der Waals surface area contributed by atoms with Crippen LogP contribution in [0.1, 0.15) is 39.0 Å². The number of likely N-dealkylation sites (tertiary alicyclic amines) is 1. The van der Waals surface area contributed by atoms with Gasteiger partial charge in [-0.2, -0.15) is 8.78 Å². The van der Waals surface area contributed by atoms with E-state index in [-0.39, 0.29) is 12.6 Å². The van der Waals surface area contributed by atoms with Crippen molar-refractivity contribution in [3.8, 4) is 0 Å². The molecule has 6 heteroatoms. The molecule has 1 aliphatic carbocycles. The van der Waals surface area contributed by atoms with E-state index < -0.39 is 17.8 Å². The molecule has 1 heterocycles. The first-order chi connectivity index (χ1) is 8.98. The third kappa shape index (κ3) is 2.58. The van der Waals surface area contributed by atoms with E-state index in [0.29, 0.717) is 12.5 Å². The monoisotopic (exact) mass is 275 g/mol. The van der Waals surface area contributed by atoms with Crippen LogP contribution in [0.4, 0.5) is 8.78 Å². The SMILES string of the molecule is CCOC(=O)C(F)(F)C(=O)N1CCC2CCCCC21. The summed E-state index contributed by atoms with van der Waals surface area (Å²) in [6.07, 6.45) is 4.55. The average Bonchev–Trinajstić information content (AvgIpc) is 2.81. The molecule has 2 atom stereocenters. The molecule has 2 unspecified atom stereocenters. The number of amides is 1. The van der Waals surface area contributed by atoms with E-state index >= 15 is 0 Å². The first-order valence-electron chi connectivity index (χ1n) is 6.84. The Morgan fingerprint density at radius 3 is 2.63 bits per heavy atom. The molecule has 0 aromatic carbocycles. The third-order valence-corrected chi connectivity index (χ3v) is 4.07. The van der Waals surface area contributed by atoms with Crippen LogP contribution < -0.4 is 0 Å². The van der Waals surface area contributed by atoms with Crippen molar-refractivity contribution in [2.24, 2.45) is 5.92 Å². The lowest BCUT2D eigenvalue weighted by atomic mass is 9.85. The molecule has 0 radical (unpaired) electrons. The number of nitrogens with zero attached hydrogens (tertiary/aromatic N) is 1. The predicted molar refractivity (Wildman–Crippen MR) is 63.7 cm³/mol. The van der Waals surface area contributed by atoms with Crippen molar-refractivity contribution >= 4 is 11.9 Å². The van der Waals surface area contributed by atoms with E-state index in [2.05, 4.69) is 4.74 Å². The number of alkyl halides is 2. The van der Waals surface area contributed by atoms with Crippen LogP contribution in [0.15, 0.2) is 0 Å². The Labute approximate surface area is 111 Å². The maximum Gasteiger partial charge on any atom is 0.419 e. The number of carbonyl (C=O) groups is 2. The standard InChI is InChI=1S/C13H19F2NO3/c1-2-19-12(18)13(14,15)11(17)16-8-7-9-5-3-4-6-10(9)16/h9-10H,2-8H2,1H3. The minimum absolute atomic E-state index is 0.124. The maximum absolute atomic E-state index is 13.7. The number of ether oxygens (including phenoxy) is 1. The van der Waals surface area contributed by atoms with Crippen molar-refractivity contribution in [2.75, 3.05) is 13.2 Å². The summed E-state index contributed by atoms with van der Waals surface area (Å²) in [5.74, 6) is -6.86. The first-order valence-corrected chi connectivity index (χ1v) is 6.84. The van der Waals surface area contributed by atoms with E-state index in [0.717, 1.165) is 32.1 Å². The van der Waals surface area contributed by atoms with Gasteiger partial charge in [0.05, 0.1) is 6.61 Å². The topological polar surface area (TPSA) is 46.6 Å². The van der Waals surface area contributed by atoms with Gasteiger partial charge in [-0.3, -0.25) is 4.79 Å². The van der Waals surface area contributed by atoms with E-state index in [1.54, 1.807) is 0 Å². The number of halogens is 2. The van der Waals surface area contributed by atoms with Crippen molar-refractivity contribution in [1.29, 1.82) is 0 Å². The number of hydrogen-bond acceptors (Lipinski definition) is 3. The highest BCUT2D eigenvalue weighted by Crippen LogP contribution is 2.38. The number of rotatable bonds is 3. The fraction of sp³-hybridized carbons (Fsp3) is 0.846. The molecule has 108 valence electrons. The Morgan fingerprint density at radius 2 is 1.95 bits per heavy atom. The van der Waals surface area contributed by atoms with Crippen molar-refractivity contribution in [3.05, 3.63) is 0 Å². The molecule has 4 nitrogen and oxygen atoms in total. The van der Waals surface area contributed by atoms with Gasteiger partial charge < -0.3 is 9.64 Å². The molecule has 2 rings (SSSR count). The molecule has 0 aromatic rings. The molecule has 1 amide bonds. The fourth-order valence-corrected chi connectivity index (χ4v) is 3.15. The van der Waals surface area contributed by atoms with Gasteiger partial charge in [-0.1, -0.05) is 12.8 Å². The maximum atomic E-state index is 13.7. The molecular weight excluding hydrogens is 256 g/mol. The summed E-state index contributed by atoms with van der Waals surface area (Å²) >= 11 is 0. The molecule has 0 spiro atoms. The zero-order chi connectivity index (χ0) is 14.0. The minimum Gasteiger partial charge on any atom is -0.461 e. The lowest BCUT2D eigenvalue weighted by Crippen LogP contribution is -2.51. The second-order valence-electron chi connectivity index (χ2n) is 5.19. The largest absolute Gasteiger partial charge is 0.461 e. The van der Waals surface area contributed by atoms with Crippen molar-refractivity contribution in [3.63, 3.8) is 0 Å². The molecule has 0 N–H and O–H groups in total. The van der Waals surface area contributed by atoms with E-state index in [4.69, 9.17) is 0 Å². The van der Waals surface area contributed by atoms with Crippen molar-refractivity contribution in [2.45, 2.75) is 51.0 Å². The van der Waals surface area contributed by atoms with Gasteiger partial charge in [0.25, 0.3) is 0 Å². The van der Waals surface area contributed by atoms with Gasteiger partial charge in [-0.25, -0.2) is 4.79 Å². The summed E-state index contributed by atoms with van der Waals surface area (Å²) in [5.41, 5.74) is 0. The molecule has 0 bridgehead atoms. The summed E-state index contributed by atoms with van der Waals surface area (Å²) < 4.78 is 31.8. The van der Waals surface area contributed by atoms with Gasteiger partial charge in [0.15, 0.2) is 0 Å². The lowest BCUT2D eigenvalue weighted by Gasteiger charge is -2.32. The third-order valence-electron chi connectivity index (χ3n) is 4.07. The highest BCUT2D eigenvalue weighted by atomic mass is 19.3. The van der Waals surface area contributed by atoms with Crippen molar-refractivity contribution < 1.29 is 23.1 Å². The number of hydrogen-bond donors (Lipinski definition) is 0. The van der Waals surface area contributed by atoms with Crippen LogP contribution in [-0.4, -0.2) is 41.9 Å². The van der Waals surface area contributed by atoms with Gasteiger partial charge >= 0.3 is 17.8 Å². The van der Waals surface area contributed by atoms with Crippen molar-refractivity contribution in [1.82, 2.24) is 4.90 Å². The van der Waals surface area contributed by atoms with Gasteiger partial charge in [-0.15, -0.1) is 0 Å². The second-order valence-corrected chi connectivity index (χ2v) is 5.19. The summed E-state index contributed by atoms with van der Waals surface area (Å²) in [7, 11) is 0. The normalized spacial score (nSPS) is 27.0. The molecule has 2 aliphatic rings. The average molecular weight is 275 g/mol. The number of fused-ring (bicyclic) bond motifs is 1. The first kappa shape index (κ1) is 14.2. The Balaban J connectivity index is 2.08. The molecule has 2 fully saturated rings. The van der Waals surface area contributed by atoms with E-state index in [1.807, 2.05) is 0 Å². The van der Waals surface area contributed by atoms with Crippen LogP contribution in [-0.2, 0) is 14.3 Å². The van der Waals surface area contributed by atoms with Crippen LogP contribution in [0.25, 0.3) is 0 Å². The van der Waals surface area contributed by atoms with E-state index in [9.17, 15) is 18.4 Å². The highest BCUT2D eigenvalue weighted by molar-refractivity contribution is 6.04. The van der Waals surface area contributed by atoms with Gasteiger partial charge in [0, 0.05) is 12.6 Å². The highest BCUT2D eigenvalue weighted by Gasteiger charge is 2.54. The Bertz CT molecular complexity index is 373. The zero-order valence-electron chi connectivity index (χ0n) is 11.0. The van der Waals surface area contributed by atoms with Crippen LogP contribution in [0, 0.1) is 5.92 Å². The van der Waals surface area contributed by atoms with Crippen LogP contribution in [0.3, 0.4) is 0 Å². The smallest absolute Gasteiger partial charge is 0.419 e. The summed E-state index contributed by atoms with van der Waals surface area (Å²) in [5, 5.41) is 0. The zero-order valence-corrected chi connectivity index (χ0v) is 11.0. The molecule has 19 heavy (non-hydrogen) atoms. The molecule has 1 saturated carbocycles. The quantitative estimate of drug-likeness (QED) is 0.584. The van der Waals surface area contributed by atoms with Crippen LogP contribution >= 0.6 is 0 Å². The molecule has 1 saturated heterocycles. The number of esters is 1. The fourth-order valence-electron chi connectivity index (χ4n) is 3.15. The second kappa shape index (κ2) is 5.43. The van der Waals surface area contributed by atoms with Gasteiger partial charge in [-0.05, 0) is 32.1 Å². The Hall–Kier alpha value is -1.20. The molecular formula is C13H19F2NO3. The summed E-state index contributed by atoms with van der Waals surface area (Å²) in [6.45, 7) is 1.60. The van der Waals surface area contributed by atoms with Gasteiger partial charge in [0.2, 0.25) is 0 Å². The Kier molecular flexibility index (Phi) is 4.06. The lowest BCUT2D eigenvalue weighted by molar-refractivity contribution is -0.183. The van der Waals surface area contributed by atoms with Crippen LogP contribution in [0.2, 0.25) is 0 Å². The molecule has 1 aliphatic heterocycles. The summed E-state index contributed by atoms with van der Waals surface area (Å²) in [6, 6.07) is -0.124. The van der Waals surface area contributed by atoms with Crippen LogP contribution in [0.5, 0.6) is 0 Å². The number of carbonyl (C=O) groups excluding carboxylic acids is 2. The minimum atomic E-state index is -4.05. The Morgan fingerprint density at radius 1 is 1.26 bits per heavy atom. The van der Waals surface area contributed by atoms with E-state index in [1.165, 1.54) is 11.8 Å². The summed E-state index contributed by atoms with van der Waals surface area (Å²) in [4.78, 5) is 24.3.